The number of alkyl halides is 3. The fourth-order valence-electron chi connectivity index (χ4n) is 2.38. The zero-order valence-corrected chi connectivity index (χ0v) is 10.3. The van der Waals surface area contributed by atoms with E-state index < -0.39 is 23.1 Å². The lowest BCUT2D eigenvalue weighted by molar-refractivity contribution is -0.138. The van der Waals surface area contributed by atoms with Crippen molar-refractivity contribution in [1.29, 1.82) is 0 Å². The molecule has 0 aromatic heterocycles. The molecule has 0 radical (unpaired) electrons. The van der Waals surface area contributed by atoms with E-state index in [1.165, 1.54) is 19.2 Å². The quantitative estimate of drug-likeness (QED) is 0.917. The van der Waals surface area contributed by atoms with Gasteiger partial charge in [-0.25, -0.2) is 0 Å². The van der Waals surface area contributed by atoms with Gasteiger partial charge in [0.2, 0.25) is 0 Å². The van der Waals surface area contributed by atoms with Crippen LogP contribution in [0.1, 0.15) is 30.4 Å². The molecular formula is C13H13F3O3. The van der Waals surface area contributed by atoms with Crippen LogP contribution in [0.5, 0.6) is 5.75 Å². The van der Waals surface area contributed by atoms with Crippen molar-refractivity contribution >= 4 is 5.97 Å². The van der Waals surface area contributed by atoms with Crippen LogP contribution >= 0.6 is 0 Å². The number of aliphatic carboxylic acids is 1. The Bertz CT molecular complexity index is 504. The maximum Gasteiger partial charge on any atom is 0.419 e. The number of ether oxygens (including phenoxy) is 1. The van der Waals surface area contributed by atoms with Gasteiger partial charge in [0.1, 0.15) is 5.75 Å². The minimum Gasteiger partial charge on any atom is -0.496 e. The zero-order chi connectivity index (χ0) is 14.3. The van der Waals surface area contributed by atoms with Crippen LogP contribution in [0.3, 0.4) is 0 Å². The summed E-state index contributed by atoms with van der Waals surface area (Å²) in [7, 11) is 1.17. The molecule has 0 spiro atoms. The van der Waals surface area contributed by atoms with Crippen molar-refractivity contribution in [3.8, 4) is 5.75 Å². The molecule has 0 heterocycles. The van der Waals surface area contributed by atoms with Crippen molar-refractivity contribution in [2.45, 2.75) is 30.9 Å². The van der Waals surface area contributed by atoms with E-state index >= 15 is 0 Å². The molecule has 0 amide bonds. The van der Waals surface area contributed by atoms with Crippen LogP contribution in [0.25, 0.3) is 0 Å². The molecule has 0 atom stereocenters. The first-order valence-corrected chi connectivity index (χ1v) is 5.77. The van der Waals surface area contributed by atoms with E-state index in [9.17, 15) is 18.0 Å². The Morgan fingerprint density at radius 3 is 2.47 bits per heavy atom. The average molecular weight is 274 g/mol. The molecule has 0 aliphatic heterocycles. The van der Waals surface area contributed by atoms with Gasteiger partial charge < -0.3 is 9.84 Å². The van der Waals surface area contributed by atoms with Gasteiger partial charge in [0.05, 0.1) is 19.1 Å². The maximum absolute atomic E-state index is 12.9. The Morgan fingerprint density at radius 2 is 2.05 bits per heavy atom. The van der Waals surface area contributed by atoms with Gasteiger partial charge in [-0.3, -0.25) is 4.79 Å². The second-order valence-corrected chi connectivity index (χ2v) is 4.73. The number of methoxy groups -OCH3 is 1. The van der Waals surface area contributed by atoms with Crippen molar-refractivity contribution in [1.82, 2.24) is 0 Å². The van der Waals surface area contributed by atoms with Gasteiger partial charge in [0.15, 0.2) is 0 Å². The lowest BCUT2D eigenvalue weighted by atomic mass is 9.90. The summed E-state index contributed by atoms with van der Waals surface area (Å²) < 4.78 is 43.6. The molecule has 1 fully saturated rings. The molecule has 0 bridgehead atoms. The van der Waals surface area contributed by atoms with Crippen molar-refractivity contribution in [3.63, 3.8) is 0 Å². The van der Waals surface area contributed by atoms with E-state index in [-0.39, 0.29) is 12.2 Å². The summed E-state index contributed by atoms with van der Waals surface area (Å²) >= 11 is 0. The third-order valence-electron chi connectivity index (χ3n) is 3.44. The van der Waals surface area contributed by atoms with Crippen LogP contribution in [0.2, 0.25) is 0 Å². The van der Waals surface area contributed by atoms with Crippen LogP contribution in [0.4, 0.5) is 13.2 Å². The molecule has 6 heteroatoms. The summed E-state index contributed by atoms with van der Waals surface area (Å²) in [6.07, 6.45) is -3.56. The third kappa shape index (κ3) is 2.52. The predicted molar refractivity (Wildman–Crippen MR) is 61.2 cm³/mol. The molecule has 1 aliphatic carbocycles. The van der Waals surface area contributed by atoms with Crippen molar-refractivity contribution in [3.05, 3.63) is 29.3 Å². The van der Waals surface area contributed by atoms with Crippen LogP contribution in [0.15, 0.2) is 18.2 Å². The normalized spacial score (nSPS) is 17.1. The lowest BCUT2D eigenvalue weighted by Gasteiger charge is -2.20. The summed E-state index contributed by atoms with van der Waals surface area (Å²) in [4.78, 5) is 10.8. The SMILES string of the molecule is COc1c(C(F)(F)F)cccc1C1(CC(=O)O)CC1. The smallest absolute Gasteiger partial charge is 0.419 e. The minimum absolute atomic E-state index is 0.176. The Morgan fingerprint density at radius 1 is 1.42 bits per heavy atom. The van der Waals surface area contributed by atoms with Crippen LogP contribution in [-0.4, -0.2) is 18.2 Å². The highest BCUT2D eigenvalue weighted by Gasteiger charge is 2.49. The first-order valence-electron chi connectivity index (χ1n) is 5.77. The standard InChI is InChI=1S/C13H13F3O3/c1-19-11-8(12(5-6-12)7-10(17)18)3-2-4-9(11)13(14,15)16/h2-4H,5-7H2,1H3,(H,17,18). The fourth-order valence-corrected chi connectivity index (χ4v) is 2.38. The molecule has 19 heavy (non-hydrogen) atoms. The number of benzene rings is 1. The number of hydrogen-bond acceptors (Lipinski definition) is 2. The first kappa shape index (κ1) is 13.7. The topological polar surface area (TPSA) is 46.5 Å². The first-order chi connectivity index (χ1) is 8.80. The third-order valence-corrected chi connectivity index (χ3v) is 3.44. The Hall–Kier alpha value is -1.72. The lowest BCUT2D eigenvalue weighted by Crippen LogP contribution is -2.17. The maximum atomic E-state index is 12.9. The van der Waals surface area contributed by atoms with Gasteiger partial charge in [0, 0.05) is 11.0 Å². The summed E-state index contributed by atoms with van der Waals surface area (Å²) in [6, 6.07) is 3.76. The Labute approximate surface area is 108 Å². The number of halogens is 3. The van der Waals surface area contributed by atoms with Gasteiger partial charge in [-0.15, -0.1) is 0 Å². The van der Waals surface area contributed by atoms with E-state index in [1.54, 1.807) is 0 Å². The molecule has 1 saturated carbocycles. The van der Waals surface area contributed by atoms with Crippen molar-refractivity contribution in [2.75, 3.05) is 7.11 Å². The van der Waals surface area contributed by atoms with E-state index in [2.05, 4.69) is 0 Å². The molecule has 2 rings (SSSR count). The predicted octanol–water partition coefficient (Wildman–Crippen LogP) is 3.22. The highest BCUT2D eigenvalue weighted by Crippen LogP contribution is 2.55. The van der Waals surface area contributed by atoms with Gasteiger partial charge >= 0.3 is 12.1 Å². The molecule has 1 aliphatic rings. The Kier molecular flexibility index (Phi) is 3.20. The van der Waals surface area contributed by atoms with Crippen molar-refractivity contribution < 1.29 is 27.8 Å². The van der Waals surface area contributed by atoms with Crippen LogP contribution in [-0.2, 0) is 16.4 Å². The van der Waals surface area contributed by atoms with Gasteiger partial charge in [-0.1, -0.05) is 12.1 Å². The van der Waals surface area contributed by atoms with E-state index in [4.69, 9.17) is 9.84 Å². The number of hydrogen-bond donors (Lipinski definition) is 1. The summed E-state index contributed by atoms with van der Waals surface area (Å²) in [5.74, 6) is -1.27. The van der Waals surface area contributed by atoms with Crippen LogP contribution < -0.4 is 4.74 Å². The van der Waals surface area contributed by atoms with Gasteiger partial charge in [0.25, 0.3) is 0 Å². The number of carbonyl (C=O) groups is 1. The Balaban J connectivity index is 2.50. The average Bonchev–Trinajstić information content (AvgIpc) is 3.06. The number of carboxylic acid groups (broad SMARTS) is 1. The molecule has 1 N–H and O–H groups in total. The molecule has 104 valence electrons. The second kappa shape index (κ2) is 4.43. The van der Waals surface area contributed by atoms with E-state index in [0.717, 1.165) is 6.07 Å². The molecular weight excluding hydrogens is 261 g/mol. The van der Waals surface area contributed by atoms with Crippen molar-refractivity contribution in [2.24, 2.45) is 0 Å². The molecule has 0 unspecified atom stereocenters. The largest absolute Gasteiger partial charge is 0.496 e. The van der Waals surface area contributed by atoms with Gasteiger partial charge in [-0.05, 0) is 18.9 Å². The van der Waals surface area contributed by atoms with E-state index in [0.29, 0.717) is 18.4 Å². The second-order valence-electron chi connectivity index (χ2n) is 4.73. The number of para-hydroxylation sites is 1. The summed E-state index contributed by atoms with van der Waals surface area (Å²) in [5.41, 5.74) is -1.23. The highest BCUT2D eigenvalue weighted by molar-refractivity contribution is 5.71. The molecule has 0 saturated heterocycles. The molecule has 1 aromatic carbocycles. The number of rotatable bonds is 4. The highest BCUT2D eigenvalue weighted by atomic mass is 19.4. The monoisotopic (exact) mass is 274 g/mol. The van der Waals surface area contributed by atoms with E-state index in [1.807, 2.05) is 0 Å². The summed E-state index contributed by atoms with van der Waals surface area (Å²) in [5, 5.41) is 8.88. The fraction of sp³-hybridized carbons (Fsp3) is 0.462. The summed E-state index contributed by atoms with van der Waals surface area (Å²) in [6.45, 7) is 0. The van der Waals surface area contributed by atoms with Gasteiger partial charge in [-0.2, -0.15) is 13.2 Å². The minimum atomic E-state index is -4.51. The zero-order valence-electron chi connectivity index (χ0n) is 10.3. The van der Waals surface area contributed by atoms with Crippen LogP contribution in [0, 0.1) is 0 Å². The molecule has 1 aromatic rings. The molecule has 3 nitrogen and oxygen atoms in total. The number of carboxylic acids is 1.